The van der Waals surface area contributed by atoms with Crippen LogP contribution in [-0.2, 0) is 10.0 Å². The number of nitrogens with one attached hydrogen (secondary N) is 2. The summed E-state index contributed by atoms with van der Waals surface area (Å²) < 4.78 is 27.4. The van der Waals surface area contributed by atoms with Gasteiger partial charge in [-0.2, -0.15) is 0 Å². The van der Waals surface area contributed by atoms with Crippen molar-refractivity contribution < 1.29 is 8.42 Å². The molecule has 114 valence electrons. The molecule has 1 fully saturated rings. The minimum absolute atomic E-state index is 0. The summed E-state index contributed by atoms with van der Waals surface area (Å²) in [4.78, 5) is 0.230. The molecule has 1 atom stereocenters. The second-order valence-corrected chi connectivity index (χ2v) is 7.65. The van der Waals surface area contributed by atoms with Crippen molar-refractivity contribution in [3.63, 3.8) is 0 Å². The molecule has 1 unspecified atom stereocenters. The first-order valence-electron chi connectivity index (χ1n) is 6.14. The van der Waals surface area contributed by atoms with Gasteiger partial charge in [0.05, 0.1) is 9.92 Å². The SMILES string of the molecule is Cl.O=S(=O)(NCCC1CCNC1)c1ccc(Cl)c(Br)c1. The maximum Gasteiger partial charge on any atom is 0.240 e. The molecule has 0 aromatic heterocycles. The van der Waals surface area contributed by atoms with Crippen molar-refractivity contribution in [1.82, 2.24) is 10.0 Å². The Labute approximate surface area is 139 Å². The molecule has 0 radical (unpaired) electrons. The van der Waals surface area contributed by atoms with E-state index in [1.165, 1.54) is 12.1 Å². The van der Waals surface area contributed by atoms with Crippen LogP contribution in [0.3, 0.4) is 0 Å². The summed E-state index contributed by atoms with van der Waals surface area (Å²) in [5.41, 5.74) is 0. The van der Waals surface area contributed by atoms with Crippen LogP contribution in [0, 0.1) is 5.92 Å². The molecule has 2 N–H and O–H groups in total. The molecule has 0 aliphatic carbocycles. The van der Waals surface area contributed by atoms with Gasteiger partial charge in [-0.15, -0.1) is 12.4 Å². The van der Waals surface area contributed by atoms with Crippen LogP contribution in [0.15, 0.2) is 27.6 Å². The fourth-order valence-electron chi connectivity index (χ4n) is 2.09. The van der Waals surface area contributed by atoms with Gasteiger partial charge in [-0.25, -0.2) is 13.1 Å². The highest BCUT2D eigenvalue weighted by atomic mass is 79.9. The van der Waals surface area contributed by atoms with Crippen LogP contribution in [0.5, 0.6) is 0 Å². The fraction of sp³-hybridized carbons (Fsp3) is 0.500. The van der Waals surface area contributed by atoms with Crippen LogP contribution in [0.1, 0.15) is 12.8 Å². The molecule has 0 saturated carbocycles. The van der Waals surface area contributed by atoms with E-state index in [2.05, 4.69) is 26.0 Å². The second kappa shape index (κ2) is 7.96. The molecule has 1 heterocycles. The van der Waals surface area contributed by atoms with Gasteiger partial charge < -0.3 is 5.32 Å². The van der Waals surface area contributed by atoms with E-state index in [4.69, 9.17) is 11.6 Å². The highest BCUT2D eigenvalue weighted by Crippen LogP contribution is 2.25. The van der Waals surface area contributed by atoms with Gasteiger partial charge in [0.2, 0.25) is 10.0 Å². The van der Waals surface area contributed by atoms with Crippen molar-refractivity contribution in [3.8, 4) is 0 Å². The Kier molecular flexibility index (Phi) is 7.24. The van der Waals surface area contributed by atoms with E-state index in [-0.39, 0.29) is 17.3 Å². The van der Waals surface area contributed by atoms with Gasteiger partial charge in [-0.1, -0.05) is 11.6 Å². The third kappa shape index (κ3) is 4.86. The van der Waals surface area contributed by atoms with E-state index >= 15 is 0 Å². The normalized spacial score (nSPS) is 18.8. The molecule has 1 aromatic rings. The zero-order valence-electron chi connectivity index (χ0n) is 10.7. The number of benzene rings is 1. The lowest BCUT2D eigenvalue weighted by atomic mass is 10.1. The van der Waals surface area contributed by atoms with Gasteiger partial charge in [0.25, 0.3) is 0 Å². The average Bonchev–Trinajstić information content (AvgIpc) is 2.85. The number of hydrogen-bond donors (Lipinski definition) is 2. The van der Waals surface area contributed by atoms with Crippen molar-refractivity contribution in [2.45, 2.75) is 17.7 Å². The van der Waals surface area contributed by atoms with E-state index in [1.807, 2.05) is 0 Å². The number of halogens is 3. The summed E-state index contributed by atoms with van der Waals surface area (Å²) in [6.45, 7) is 2.48. The molecule has 1 aliphatic heterocycles. The molecule has 1 aliphatic rings. The quantitative estimate of drug-likeness (QED) is 0.794. The van der Waals surface area contributed by atoms with Gasteiger partial charge in [0, 0.05) is 11.0 Å². The van der Waals surface area contributed by atoms with Crippen LogP contribution >= 0.6 is 39.9 Å². The third-order valence-electron chi connectivity index (χ3n) is 3.21. The van der Waals surface area contributed by atoms with Gasteiger partial charge in [-0.3, -0.25) is 0 Å². The van der Waals surface area contributed by atoms with Crippen molar-refractivity contribution >= 4 is 50.0 Å². The molecule has 20 heavy (non-hydrogen) atoms. The molecular weight excluding hydrogens is 387 g/mol. The Hall–Kier alpha value is 0.150. The van der Waals surface area contributed by atoms with E-state index < -0.39 is 10.0 Å². The predicted octanol–water partition coefficient (Wildman–Crippen LogP) is 2.80. The summed E-state index contributed by atoms with van der Waals surface area (Å²) in [7, 11) is -3.45. The van der Waals surface area contributed by atoms with Crippen molar-refractivity contribution in [2.24, 2.45) is 5.92 Å². The maximum absolute atomic E-state index is 12.1. The largest absolute Gasteiger partial charge is 0.316 e. The molecule has 0 spiro atoms. The van der Waals surface area contributed by atoms with Crippen molar-refractivity contribution in [1.29, 1.82) is 0 Å². The Bertz CT molecular complexity index is 548. The summed E-state index contributed by atoms with van der Waals surface area (Å²) in [6.07, 6.45) is 1.98. The predicted molar refractivity (Wildman–Crippen MR) is 87.2 cm³/mol. The topological polar surface area (TPSA) is 58.2 Å². The summed E-state index contributed by atoms with van der Waals surface area (Å²) in [6, 6.07) is 4.59. The Morgan fingerprint density at radius 1 is 1.45 bits per heavy atom. The molecule has 2 rings (SSSR count). The van der Waals surface area contributed by atoms with Crippen LogP contribution in [0.25, 0.3) is 0 Å². The Morgan fingerprint density at radius 3 is 2.80 bits per heavy atom. The summed E-state index contributed by atoms with van der Waals surface area (Å²) in [5.74, 6) is 0.569. The van der Waals surface area contributed by atoms with E-state index in [0.29, 0.717) is 22.0 Å². The molecule has 8 heteroatoms. The van der Waals surface area contributed by atoms with Gasteiger partial charge in [0.15, 0.2) is 0 Å². The molecular formula is C12H17BrCl2N2O2S. The Balaban J connectivity index is 0.00000200. The van der Waals surface area contributed by atoms with E-state index in [9.17, 15) is 8.42 Å². The van der Waals surface area contributed by atoms with E-state index in [0.717, 1.165) is 25.9 Å². The summed E-state index contributed by atoms with van der Waals surface area (Å²) in [5, 5.41) is 3.76. The minimum atomic E-state index is -3.45. The van der Waals surface area contributed by atoms with E-state index in [1.54, 1.807) is 6.07 Å². The third-order valence-corrected chi connectivity index (χ3v) is 5.88. The zero-order chi connectivity index (χ0) is 13.9. The van der Waals surface area contributed by atoms with Crippen LogP contribution in [0.4, 0.5) is 0 Å². The molecule has 4 nitrogen and oxygen atoms in total. The van der Waals surface area contributed by atoms with Gasteiger partial charge in [-0.05, 0) is 66.0 Å². The lowest BCUT2D eigenvalue weighted by Gasteiger charge is -2.10. The molecule has 0 amide bonds. The summed E-state index contributed by atoms with van der Waals surface area (Å²) >= 11 is 9.08. The minimum Gasteiger partial charge on any atom is -0.316 e. The lowest BCUT2D eigenvalue weighted by Crippen LogP contribution is -2.26. The first-order chi connectivity index (χ1) is 8.99. The highest BCUT2D eigenvalue weighted by Gasteiger charge is 2.18. The monoisotopic (exact) mass is 402 g/mol. The molecule has 1 saturated heterocycles. The first-order valence-corrected chi connectivity index (χ1v) is 8.80. The van der Waals surface area contributed by atoms with Gasteiger partial charge in [0.1, 0.15) is 0 Å². The van der Waals surface area contributed by atoms with Crippen LogP contribution < -0.4 is 10.0 Å². The smallest absolute Gasteiger partial charge is 0.240 e. The number of sulfonamides is 1. The van der Waals surface area contributed by atoms with Gasteiger partial charge >= 0.3 is 0 Å². The van der Waals surface area contributed by atoms with Crippen molar-refractivity contribution in [3.05, 3.63) is 27.7 Å². The second-order valence-electron chi connectivity index (χ2n) is 4.62. The first kappa shape index (κ1) is 18.2. The molecule has 0 bridgehead atoms. The fourth-order valence-corrected chi connectivity index (χ4v) is 3.81. The van der Waals surface area contributed by atoms with Crippen LogP contribution in [0.2, 0.25) is 5.02 Å². The lowest BCUT2D eigenvalue weighted by molar-refractivity contribution is 0.519. The standard InChI is InChI=1S/C12H16BrClN2O2S.ClH/c13-11-7-10(1-2-12(11)14)19(17,18)16-6-4-9-3-5-15-8-9;/h1-2,7,9,15-16H,3-6,8H2;1H. The Morgan fingerprint density at radius 2 is 2.20 bits per heavy atom. The van der Waals surface area contributed by atoms with Crippen LogP contribution in [-0.4, -0.2) is 28.1 Å². The average molecular weight is 404 g/mol. The zero-order valence-corrected chi connectivity index (χ0v) is 14.7. The molecule has 1 aromatic carbocycles. The maximum atomic E-state index is 12.1. The number of hydrogen-bond acceptors (Lipinski definition) is 3. The van der Waals surface area contributed by atoms with Crippen molar-refractivity contribution in [2.75, 3.05) is 19.6 Å². The highest BCUT2D eigenvalue weighted by molar-refractivity contribution is 9.10. The number of rotatable bonds is 5.